The van der Waals surface area contributed by atoms with Gasteiger partial charge in [-0.25, -0.2) is 0 Å². The Kier molecular flexibility index (Phi) is 8.15. The van der Waals surface area contributed by atoms with Crippen LogP contribution in [0, 0.1) is 37.5 Å². The van der Waals surface area contributed by atoms with Crippen molar-refractivity contribution in [1.29, 1.82) is 0 Å². The molecule has 1 aromatic rings. The maximum atomic E-state index is 14.8. The van der Waals surface area contributed by atoms with Crippen LogP contribution in [0.2, 0.25) is 0 Å². The summed E-state index contributed by atoms with van der Waals surface area (Å²) in [6.07, 6.45) is 3.93. The van der Waals surface area contributed by atoms with E-state index in [4.69, 9.17) is 4.74 Å². The molecule has 3 saturated heterocycles. The Morgan fingerprint density at radius 2 is 1.92 bits per heavy atom. The summed E-state index contributed by atoms with van der Waals surface area (Å²) >= 11 is 1.61. The number of hydrogen-bond acceptors (Lipinski definition) is 6. The Hall–Kier alpha value is -2.58. The second-order valence-corrected chi connectivity index (χ2v) is 12.7. The number of likely N-dealkylation sites (tertiary alicyclic amines) is 1. The predicted octanol–water partition coefficient (Wildman–Crippen LogP) is 3.91. The van der Waals surface area contributed by atoms with Gasteiger partial charge >= 0.3 is 5.97 Å². The van der Waals surface area contributed by atoms with Crippen molar-refractivity contribution in [1.82, 2.24) is 4.90 Å². The zero-order chi connectivity index (χ0) is 27.9. The van der Waals surface area contributed by atoms with E-state index < -0.39 is 34.6 Å². The SMILES string of the molecule is C=CCOC(=O)[C@@H]1[C@H]2C(=O)N([C@@H](CO)C(C)C)C(C(=O)N(CC=C)c3c(C)cccc3C)C23S[C@@H]1CC3C. The molecule has 3 unspecified atom stereocenters. The van der Waals surface area contributed by atoms with E-state index in [2.05, 4.69) is 20.1 Å². The van der Waals surface area contributed by atoms with Gasteiger partial charge in [0.2, 0.25) is 5.91 Å². The van der Waals surface area contributed by atoms with Crippen molar-refractivity contribution in [2.45, 2.75) is 63.1 Å². The van der Waals surface area contributed by atoms with Crippen molar-refractivity contribution in [2.75, 3.05) is 24.7 Å². The first-order valence-electron chi connectivity index (χ1n) is 13.4. The number of anilines is 1. The molecule has 38 heavy (non-hydrogen) atoms. The van der Waals surface area contributed by atoms with E-state index in [1.165, 1.54) is 6.08 Å². The quantitative estimate of drug-likeness (QED) is 0.358. The van der Waals surface area contributed by atoms with E-state index in [9.17, 15) is 19.5 Å². The molecule has 2 bridgehead atoms. The van der Waals surface area contributed by atoms with Crippen molar-refractivity contribution in [3.8, 4) is 0 Å². The molecule has 4 rings (SSSR count). The highest BCUT2D eigenvalue weighted by Crippen LogP contribution is 2.69. The number of aliphatic hydroxyl groups excluding tert-OH is 1. The number of fused-ring (bicyclic) bond motifs is 1. The Labute approximate surface area is 230 Å². The van der Waals surface area contributed by atoms with Crippen LogP contribution in [0.5, 0.6) is 0 Å². The highest BCUT2D eigenvalue weighted by molar-refractivity contribution is 8.02. The van der Waals surface area contributed by atoms with Crippen molar-refractivity contribution in [3.63, 3.8) is 0 Å². The highest BCUT2D eigenvalue weighted by Gasteiger charge is 2.77. The molecule has 2 amide bonds. The third-order valence-electron chi connectivity index (χ3n) is 8.63. The fourth-order valence-corrected chi connectivity index (χ4v) is 9.41. The fraction of sp³-hybridized carbons (Fsp3) is 0.567. The summed E-state index contributed by atoms with van der Waals surface area (Å²) in [5.74, 6) is -2.25. The molecule has 1 aromatic carbocycles. The monoisotopic (exact) mass is 540 g/mol. The number of rotatable bonds is 10. The van der Waals surface area contributed by atoms with Crippen LogP contribution >= 0.6 is 11.8 Å². The van der Waals surface area contributed by atoms with Gasteiger partial charge in [-0.15, -0.1) is 18.3 Å². The van der Waals surface area contributed by atoms with Crippen LogP contribution in [0.1, 0.15) is 38.3 Å². The van der Waals surface area contributed by atoms with Crippen LogP contribution < -0.4 is 4.90 Å². The van der Waals surface area contributed by atoms with Gasteiger partial charge < -0.3 is 19.6 Å². The molecule has 7 atom stereocenters. The standard InChI is InChI=1S/C30H40N2O5S/c1-8-13-31(25-18(5)11-10-12-19(25)6)28(35)26-30-20(7)15-22(38-30)23(29(36)37-14-9-2)24(30)27(34)32(26)21(16-33)17(3)4/h8-12,17,20-24,26,33H,1-2,13-16H2,3-7H3/t20?,21-,22+,23-,24-,26?,30?/m0/s1. The van der Waals surface area contributed by atoms with E-state index in [0.29, 0.717) is 0 Å². The Bertz CT molecular complexity index is 1120. The first kappa shape index (κ1) is 28.4. The number of para-hydroxylation sites is 1. The lowest BCUT2D eigenvalue weighted by Crippen LogP contribution is -2.60. The van der Waals surface area contributed by atoms with Crippen molar-refractivity contribution < 1.29 is 24.2 Å². The Morgan fingerprint density at radius 3 is 2.47 bits per heavy atom. The molecular formula is C30H40N2O5S. The van der Waals surface area contributed by atoms with Crippen molar-refractivity contribution in [2.24, 2.45) is 23.7 Å². The van der Waals surface area contributed by atoms with E-state index >= 15 is 0 Å². The lowest BCUT2D eigenvalue weighted by molar-refractivity contribution is -0.154. The molecule has 7 nitrogen and oxygen atoms in total. The molecule has 3 heterocycles. The molecule has 0 aromatic heterocycles. The van der Waals surface area contributed by atoms with Gasteiger partial charge in [0, 0.05) is 17.5 Å². The van der Waals surface area contributed by atoms with E-state index in [0.717, 1.165) is 23.2 Å². The topological polar surface area (TPSA) is 87.1 Å². The minimum Gasteiger partial charge on any atom is -0.461 e. The van der Waals surface area contributed by atoms with E-state index in [1.54, 1.807) is 27.6 Å². The summed E-state index contributed by atoms with van der Waals surface area (Å²) in [6, 6.07) is 4.51. The number of aliphatic hydroxyl groups is 1. The second kappa shape index (κ2) is 10.9. The molecule has 0 radical (unpaired) electrons. The number of nitrogens with zero attached hydrogens (tertiary/aromatic N) is 2. The maximum absolute atomic E-state index is 14.8. The third-order valence-corrected chi connectivity index (χ3v) is 10.7. The van der Waals surface area contributed by atoms with Gasteiger partial charge in [-0.3, -0.25) is 14.4 Å². The molecule has 206 valence electrons. The zero-order valence-electron chi connectivity index (χ0n) is 23.1. The molecule has 1 spiro atoms. The van der Waals surface area contributed by atoms with Crippen LogP contribution in [-0.4, -0.2) is 69.6 Å². The zero-order valence-corrected chi connectivity index (χ0v) is 23.9. The maximum Gasteiger partial charge on any atom is 0.311 e. The normalized spacial score (nSPS) is 30.3. The van der Waals surface area contributed by atoms with E-state index in [1.807, 2.05) is 45.9 Å². The number of aryl methyl sites for hydroxylation is 2. The van der Waals surface area contributed by atoms with Gasteiger partial charge in [0.25, 0.3) is 5.91 Å². The van der Waals surface area contributed by atoms with Crippen LogP contribution in [0.15, 0.2) is 43.5 Å². The predicted molar refractivity (Wildman–Crippen MR) is 151 cm³/mol. The van der Waals surface area contributed by atoms with Gasteiger partial charge in [-0.05, 0) is 43.2 Å². The van der Waals surface area contributed by atoms with E-state index in [-0.39, 0.29) is 48.7 Å². The van der Waals surface area contributed by atoms with Crippen molar-refractivity contribution in [3.05, 3.63) is 54.6 Å². The number of hydrogen-bond donors (Lipinski definition) is 1. The average molecular weight is 541 g/mol. The highest BCUT2D eigenvalue weighted by atomic mass is 32.2. The van der Waals surface area contributed by atoms with Crippen molar-refractivity contribution >= 4 is 35.2 Å². The molecule has 8 heteroatoms. The summed E-state index contributed by atoms with van der Waals surface area (Å²) < 4.78 is 4.67. The number of amides is 2. The Balaban J connectivity index is 1.89. The summed E-state index contributed by atoms with van der Waals surface area (Å²) in [4.78, 5) is 45.8. The molecule has 1 N–H and O–H groups in total. The number of benzene rings is 1. The molecule has 3 fully saturated rings. The number of esters is 1. The minimum atomic E-state index is -0.833. The molecule has 3 aliphatic rings. The first-order chi connectivity index (χ1) is 18.1. The largest absolute Gasteiger partial charge is 0.461 e. The molecule has 0 saturated carbocycles. The van der Waals surface area contributed by atoms with Crippen LogP contribution in [-0.2, 0) is 19.1 Å². The minimum absolute atomic E-state index is 0.0175. The molecule has 0 aliphatic carbocycles. The summed E-state index contributed by atoms with van der Waals surface area (Å²) in [5, 5.41) is 10.4. The lowest BCUT2D eigenvalue weighted by atomic mass is 9.66. The van der Waals surface area contributed by atoms with Crippen LogP contribution in [0.3, 0.4) is 0 Å². The van der Waals surface area contributed by atoms with Gasteiger partial charge in [0.15, 0.2) is 0 Å². The third kappa shape index (κ3) is 4.20. The van der Waals surface area contributed by atoms with Gasteiger partial charge in [0.1, 0.15) is 12.6 Å². The van der Waals surface area contributed by atoms with Gasteiger partial charge in [-0.2, -0.15) is 0 Å². The lowest BCUT2D eigenvalue weighted by Gasteiger charge is -2.43. The van der Waals surface area contributed by atoms with Crippen LogP contribution in [0.25, 0.3) is 0 Å². The second-order valence-electron chi connectivity index (χ2n) is 11.2. The summed E-state index contributed by atoms with van der Waals surface area (Å²) in [5.41, 5.74) is 2.71. The number of carbonyl (C=O) groups is 3. The summed E-state index contributed by atoms with van der Waals surface area (Å²) in [6.45, 7) is 17.5. The Morgan fingerprint density at radius 1 is 1.26 bits per heavy atom. The van der Waals surface area contributed by atoms with Gasteiger partial charge in [-0.1, -0.05) is 57.7 Å². The van der Waals surface area contributed by atoms with Crippen LogP contribution in [0.4, 0.5) is 5.69 Å². The molecular weight excluding hydrogens is 500 g/mol. The summed E-state index contributed by atoms with van der Waals surface area (Å²) in [7, 11) is 0. The fourth-order valence-electron chi connectivity index (χ4n) is 7.02. The number of ether oxygens (including phenoxy) is 1. The molecule has 3 aliphatic heterocycles. The van der Waals surface area contributed by atoms with Gasteiger partial charge in [0.05, 0.1) is 29.2 Å². The first-order valence-corrected chi connectivity index (χ1v) is 14.3. The number of carbonyl (C=O) groups excluding carboxylic acids is 3. The number of thioether (sulfide) groups is 1. The average Bonchev–Trinajstić information content (AvgIpc) is 3.46. The smallest absolute Gasteiger partial charge is 0.311 e.